The quantitative estimate of drug-likeness (QED) is 0.760. The van der Waals surface area contributed by atoms with E-state index in [4.69, 9.17) is 14.2 Å². The second kappa shape index (κ2) is 8.78. The largest absolute Gasteiger partial charge is 0.494 e. The predicted octanol–water partition coefficient (Wildman–Crippen LogP) is 4.13. The number of rotatable bonds is 6. The molecule has 1 atom stereocenters. The van der Waals surface area contributed by atoms with Gasteiger partial charge in [-0.3, -0.25) is 4.79 Å². The highest BCUT2D eigenvalue weighted by Crippen LogP contribution is 2.34. The second-order valence-electron chi connectivity index (χ2n) is 6.86. The Balaban J connectivity index is 1.72. The third kappa shape index (κ3) is 4.63. The zero-order chi connectivity index (χ0) is 20.1. The Morgan fingerprint density at radius 3 is 2.57 bits per heavy atom. The van der Waals surface area contributed by atoms with Crippen molar-refractivity contribution in [3.05, 3.63) is 59.4 Å². The van der Waals surface area contributed by atoms with E-state index in [0.717, 1.165) is 5.56 Å². The molecule has 1 amide bonds. The molecular formula is C22H24FNO4. The molecule has 0 bridgehead atoms. The Morgan fingerprint density at radius 1 is 1.14 bits per heavy atom. The number of hydrogen-bond donors (Lipinski definition) is 1. The average Bonchev–Trinajstić information content (AvgIpc) is 2.70. The van der Waals surface area contributed by atoms with Gasteiger partial charge in [-0.1, -0.05) is 26.0 Å². The van der Waals surface area contributed by atoms with Gasteiger partial charge in [0.25, 0.3) is 0 Å². The first kappa shape index (κ1) is 19.7. The van der Waals surface area contributed by atoms with Crippen molar-refractivity contribution in [1.82, 2.24) is 5.32 Å². The monoisotopic (exact) mass is 385 g/mol. The Bertz CT molecular complexity index is 879. The van der Waals surface area contributed by atoms with Crippen molar-refractivity contribution in [1.29, 1.82) is 0 Å². The lowest BCUT2D eigenvalue weighted by atomic mass is 9.95. The molecule has 1 N–H and O–H groups in total. The fourth-order valence-electron chi connectivity index (χ4n) is 3.05. The van der Waals surface area contributed by atoms with Crippen LogP contribution in [0.2, 0.25) is 0 Å². The number of carbonyl (C=O) groups is 1. The SMILES string of the molecule is COc1ccc(/C=C/C(=O)NC(c2ccc3c(c2)OCCO3)C(C)C)cc1F. The first-order valence-electron chi connectivity index (χ1n) is 9.19. The minimum Gasteiger partial charge on any atom is -0.494 e. The van der Waals surface area contributed by atoms with E-state index in [1.165, 1.54) is 25.3 Å². The first-order chi connectivity index (χ1) is 13.5. The molecule has 1 aliphatic heterocycles. The van der Waals surface area contributed by atoms with Crippen LogP contribution in [0.15, 0.2) is 42.5 Å². The summed E-state index contributed by atoms with van der Waals surface area (Å²) < 4.78 is 29.9. The van der Waals surface area contributed by atoms with Crippen LogP contribution in [0, 0.1) is 11.7 Å². The molecule has 0 saturated carbocycles. The molecule has 0 radical (unpaired) electrons. The smallest absolute Gasteiger partial charge is 0.244 e. The molecule has 0 fully saturated rings. The van der Waals surface area contributed by atoms with Crippen LogP contribution in [0.3, 0.4) is 0 Å². The molecule has 2 aromatic rings. The molecule has 1 unspecified atom stereocenters. The van der Waals surface area contributed by atoms with E-state index in [1.807, 2.05) is 32.0 Å². The van der Waals surface area contributed by atoms with Crippen molar-refractivity contribution >= 4 is 12.0 Å². The first-order valence-corrected chi connectivity index (χ1v) is 9.19. The molecule has 0 saturated heterocycles. The van der Waals surface area contributed by atoms with E-state index in [1.54, 1.807) is 12.1 Å². The number of nitrogens with one attached hydrogen (secondary N) is 1. The van der Waals surface area contributed by atoms with Crippen LogP contribution in [-0.4, -0.2) is 26.2 Å². The molecular weight excluding hydrogens is 361 g/mol. The van der Waals surface area contributed by atoms with E-state index in [2.05, 4.69) is 5.32 Å². The van der Waals surface area contributed by atoms with Crippen LogP contribution in [0.5, 0.6) is 17.2 Å². The molecule has 0 spiro atoms. The fourth-order valence-corrected chi connectivity index (χ4v) is 3.05. The van der Waals surface area contributed by atoms with E-state index in [0.29, 0.717) is 30.3 Å². The standard InChI is InChI=1S/C22H24FNO4/c1-14(2)22(16-6-8-19-20(13-16)28-11-10-27-19)24-21(25)9-5-15-4-7-18(26-3)17(23)12-15/h4-9,12-14,22H,10-11H2,1-3H3,(H,24,25)/b9-5+. The summed E-state index contributed by atoms with van der Waals surface area (Å²) in [6.45, 7) is 5.11. The van der Waals surface area contributed by atoms with E-state index in [9.17, 15) is 9.18 Å². The van der Waals surface area contributed by atoms with Crippen molar-refractivity contribution < 1.29 is 23.4 Å². The Labute approximate surface area is 164 Å². The summed E-state index contributed by atoms with van der Waals surface area (Å²) in [5.74, 6) is 1.00. The van der Waals surface area contributed by atoms with Gasteiger partial charge < -0.3 is 19.5 Å². The molecule has 1 heterocycles. The van der Waals surface area contributed by atoms with Crippen LogP contribution < -0.4 is 19.5 Å². The number of halogens is 1. The topological polar surface area (TPSA) is 56.8 Å². The molecule has 3 rings (SSSR count). The molecule has 28 heavy (non-hydrogen) atoms. The van der Waals surface area contributed by atoms with Crippen LogP contribution >= 0.6 is 0 Å². The third-order valence-corrected chi connectivity index (χ3v) is 4.49. The molecule has 1 aliphatic rings. The van der Waals surface area contributed by atoms with Crippen molar-refractivity contribution in [3.8, 4) is 17.2 Å². The maximum Gasteiger partial charge on any atom is 0.244 e. The minimum atomic E-state index is -0.471. The van der Waals surface area contributed by atoms with Gasteiger partial charge in [0.05, 0.1) is 13.2 Å². The molecule has 2 aromatic carbocycles. The molecule has 5 nitrogen and oxygen atoms in total. The number of ether oxygens (including phenoxy) is 3. The highest BCUT2D eigenvalue weighted by Gasteiger charge is 2.20. The summed E-state index contributed by atoms with van der Waals surface area (Å²) in [5, 5.41) is 3.01. The summed E-state index contributed by atoms with van der Waals surface area (Å²) in [6, 6.07) is 10.0. The van der Waals surface area contributed by atoms with Crippen molar-refractivity contribution in [3.63, 3.8) is 0 Å². The lowest BCUT2D eigenvalue weighted by Crippen LogP contribution is -2.30. The van der Waals surface area contributed by atoms with E-state index >= 15 is 0 Å². The summed E-state index contributed by atoms with van der Waals surface area (Å²) in [5.41, 5.74) is 1.52. The highest BCUT2D eigenvalue weighted by molar-refractivity contribution is 5.92. The summed E-state index contributed by atoms with van der Waals surface area (Å²) >= 11 is 0. The predicted molar refractivity (Wildman–Crippen MR) is 105 cm³/mol. The van der Waals surface area contributed by atoms with Gasteiger partial charge in [0.2, 0.25) is 5.91 Å². The van der Waals surface area contributed by atoms with Gasteiger partial charge in [-0.2, -0.15) is 0 Å². The Hall–Kier alpha value is -3.02. The summed E-state index contributed by atoms with van der Waals surface area (Å²) in [4.78, 5) is 12.4. The van der Waals surface area contributed by atoms with Crippen LogP contribution in [0.25, 0.3) is 6.08 Å². The van der Waals surface area contributed by atoms with Crippen molar-refractivity contribution in [2.24, 2.45) is 5.92 Å². The maximum atomic E-state index is 13.8. The molecule has 0 aliphatic carbocycles. The number of amides is 1. The third-order valence-electron chi connectivity index (χ3n) is 4.49. The van der Waals surface area contributed by atoms with Gasteiger partial charge in [0, 0.05) is 6.08 Å². The Kier molecular flexibility index (Phi) is 6.19. The molecule has 148 valence electrons. The number of fused-ring (bicyclic) bond motifs is 1. The van der Waals surface area contributed by atoms with E-state index in [-0.39, 0.29) is 23.6 Å². The van der Waals surface area contributed by atoms with Crippen LogP contribution in [0.1, 0.15) is 31.0 Å². The van der Waals surface area contributed by atoms with Crippen molar-refractivity contribution in [2.45, 2.75) is 19.9 Å². The average molecular weight is 385 g/mol. The van der Waals surface area contributed by atoms with Gasteiger partial charge in [0.1, 0.15) is 13.2 Å². The normalized spacial score (nSPS) is 14.2. The lowest BCUT2D eigenvalue weighted by Gasteiger charge is -2.25. The second-order valence-corrected chi connectivity index (χ2v) is 6.86. The van der Waals surface area contributed by atoms with Gasteiger partial charge in [-0.25, -0.2) is 4.39 Å². The van der Waals surface area contributed by atoms with Gasteiger partial charge in [-0.15, -0.1) is 0 Å². The van der Waals surface area contributed by atoms with Crippen molar-refractivity contribution in [2.75, 3.05) is 20.3 Å². The molecule has 0 aromatic heterocycles. The van der Waals surface area contributed by atoms with Crippen LogP contribution in [-0.2, 0) is 4.79 Å². The number of methoxy groups -OCH3 is 1. The lowest BCUT2D eigenvalue weighted by molar-refractivity contribution is -0.117. The molecule has 6 heteroatoms. The zero-order valence-corrected chi connectivity index (χ0v) is 16.2. The fraction of sp³-hybridized carbons (Fsp3) is 0.318. The van der Waals surface area contributed by atoms with Gasteiger partial charge in [-0.05, 0) is 47.4 Å². The van der Waals surface area contributed by atoms with E-state index < -0.39 is 5.82 Å². The minimum absolute atomic E-state index is 0.165. The van der Waals surface area contributed by atoms with Gasteiger partial charge >= 0.3 is 0 Å². The highest BCUT2D eigenvalue weighted by atomic mass is 19.1. The number of hydrogen-bond acceptors (Lipinski definition) is 4. The van der Waals surface area contributed by atoms with Gasteiger partial charge in [0.15, 0.2) is 23.1 Å². The zero-order valence-electron chi connectivity index (χ0n) is 16.2. The Morgan fingerprint density at radius 2 is 1.89 bits per heavy atom. The summed E-state index contributed by atoms with van der Waals surface area (Å²) in [7, 11) is 1.41. The van der Waals surface area contributed by atoms with Crippen LogP contribution in [0.4, 0.5) is 4.39 Å². The summed E-state index contributed by atoms with van der Waals surface area (Å²) in [6.07, 6.45) is 2.97. The number of carbonyl (C=O) groups excluding carboxylic acids is 1. The maximum absolute atomic E-state index is 13.8. The number of benzene rings is 2.